The number of sulfonamides is 1. The lowest BCUT2D eigenvalue weighted by molar-refractivity contribution is -0.706. The number of unbranched alkanes of at least 4 members (excludes halogenated alkanes) is 3. The molecule has 0 aliphatic rings. The Hall–Kier alpha value is -4.87. The summed E-state index contributed by atoms with van der Waals surface area (Å²) >= 11 is 0. The van der Waals surface area contributed by atoms with Crippen LogP contribution in [0.2, 0.25) is 0 Å². The van der Waals surface area contributed by atoms with Crippen LogP contribution in [0.5, 0.6) is 0 Å². The number of amides is 1. The van der Waals surface area contributed by atoms with Gasteiger partial charge in [0.1, 0.15) is 0 Å². The molecule has 0 fully saturated rings. The van der Waals surface area contributed by atoms with Gasteiger partial charge in [0, 0.05) is 5.56 Å². The van der Waals surface area contributed by atoms with Crippen LogP contribution in [-0.2, 0) is 35.3 Å². The van der Waals surface area contributed by atoms with Crippen molar-refractivity contribution in [2.24, 2.45) is 10.7 Å². The number of nitrogens with zero attached hydrogens (tertiary/aromatic N) is 5. The number of carbonyl (C=O) groups excluding carboxylic acids is 2. The number of alkyl halides is 3. The molecule has 14 nitrogen and oxygen atoms in total. The van der Waals surface area contributed by atoms with Crippen molar-refractivity contribution in [3.8, 4) is 16.9 Å². The number of nitrogens with one attached hydrogen (secondary N) is 1. The Morgan fingerprint density at radius 2 is 1.63 bits per heavy atom. The second-order valence-electron chi connectivity index (χ2n) is 12.0. The minimum absolute atomic E-state index is 0.0666. The number of esters is 1. The van der Waals surface area contributed by atoms with E-state index < -0.39 is 46.2 Å². The summed E-state index contributed by atoms with van der Waals surface area (Å²) in [5.41, 5.74) is -0.107. The number of hydrazine groups is 1. The molecule has 1 aromatic heterocycles. The molecule has 268 valence electrons. The molecule has 0 saturated heterocycles. The Morgan fingerprint density at radius 1 is 1.00 bits per heavy atom. The Bertz CT molecular complexity index is 1700. The fourth-order valence-electron chi connectivity index (χ4n) is 4.09. The molecule has 1 heterocycles. The van der Waals surface area contributed by atoms with Crippen molar-refractivity contribution in [1.82, 2.24) is 19.5 Å². The number of aromatic nitrogens is 2. The van der Waals surface area contributed by atoms with Gasteiger partial charge in [-0.1, -0.05) is 36.2 Å². The van der Waals surface area contributed by atoms with E-state index in [0.29, 0.717) is 37.8 Å². The summed E-state index contributed by atoms with van der Waals surface area (Å²) in [6.07, 6.45) is -3.61. The summed E-state index contributed by atoms with van der Waals surface area (Å²) in [5, 5.41) is 20.1. The Morgan fingerprint density at radius 3 is 2.24 bits per heavy atom. The maximum atomic E-state index is 13.5. The van der Waals surface area contributed by atoms with Gasteiger partial charge in [-0.15, -0.1) is 5.01 Å². The van der Waals surface area contributed by atoms with Crippen LogP contribution in [0.3, 0.4) is 0 Å². The van der Waals surface area contributed by atoms with E-state index in [4.69, 9.17) is 14.3 Å². The van der Waals surface area contributed by atoms with E-state index in [0.717, 1.165) is 28.4 Å². The van der Waals surface area contributed by atoms with E-state index in [2.05, 4.69) is 10.4 Å². The molecule has 0 radical (unpaired) electrons. The van der Waals surface area contributed by atoms with Crippen LogP contribution in [-0.4, -0.2) is 67.2 Å². The molecule has 2 aromatic carbocycles. The number of ether oxygens (including phenoxy) is 2. The largest absolute Gasteiger partial charge is 0.569 e. The summed E-state index contributed by atoms with van der Waals surface area (Å²) < 4.78 is 78.6. The highest BCUT2D eigenvalue weighted by Gasteiger charge is 2.35. The van der Waals surface area contributed by atoms with Crippen LogP contribution in [0, 0.1) is 17.5 Å². The molecule has 1 amide bonds. The van der Waals surface area contributed by atoms with Crippen LogP contribution in [0.15, 0.2) is 64.8 Å². The molecule has 3 aromatic rings. The first kappa shape index (κ1) is 38.6. The van der Waals surface area contributed by atoms with Gasteiger partial charge in [0.15, 0.2) is 5.69 Å². The highest BCUT2D eigenvalue weighted by molar-refractivity contribution is 7.90. The maximum absolute atomic E-state index is 13.5. The highest BCUT2D eigenvalue weighted by atomic mass is 32.2. The molecule has 0 atom stereocenters. The predicted molar refractivity (Wildman–Crippen MR) is 169 cm³/mol. The van der Waals surface area contributed by atoms with Crippen LogP contribution in [0.1, 0.15) is 57.7 Å². The molecule has 3 rings (SSSR count). The molecular weight excluding hydrogens is 673 g/mol. The van der Waals surface area contributed by atoms with Crippen molar-refractivity contribution < 1.29 is 50.5 Å². The van der Waals surface area contributed by atoms with Gasteiger partial charge in [-0.2, -0.15) is 18.3 Å². The van der Waals surface area contributed by atoms with Gasteiger partial charge in [-0.05, 0) is 77.3 Å². The number of aryl methyl sites for hydroxylation is 1. The van der Waals surface area contributed by atoms with Crippen molar-refractivity contribution in [3.63, 3.8) is 0 Å². The molecule has 0 unspecified atom stereocenters. The lowest BCUT2D eigenvalue weighted by Gasteiger charge is -2.15. The molecular formula is C31H39F3N6O8S. The average molecular weight is 713 g/mol. The van der Waals surface area contributed by atoms with Gasteiger partial charge in [0.05, 0.1) is 46.9 Å². The fraction of sp³-hybridized carbons (Fsp3) is 0.452. The van der Waals surface area contributed by atoms with Crippen molar-refractivity contribution in [2.75, 3.05) is 27.0 Å². The van der Waals surface area contributed by atoms with E-state index in [1.165, 1.54) is 24.2 Å². The summed E-state index contributed by atoms with van der Waals surface area (Å²) in [5.74, 6) is -0.503. The average Bonchev–Trinajstić information content (AvgIpc) is 3.48. The normalized spacial score (nSPS) is 12.4. The first-order valence-electron chi connectivity index (χ1n) is 15.1. The smallest absolute Gasteiger partial charge is 0.435 e. The molecule has 18 heteroatoms. The quantitative estimate of drug-likeness (QED) is 0.0484. The van der Waals surface area contributed by atoms with Gasteiger partial charge in [-0.3, -0.25) is 4.79 Å². The van der Waals surface area contributed by atoms with Crippen molar-refractivity contribution in [2.45, 2.75) is 64.5 Å². The van der Waals surface area contributed by atoms with Gasteiger partial charge in [-0.25, -0.2) is 22.6 Å². The van der Waals surface area contributed by atoms with Crippen molar-refractivity contribution in [1.29, 1.82) is 0 Å². The lowest BCUT2D eigenvalue weighted by atomic mass is 9.98. The van der Waals surface area contributed by atoms with E-state index in [1.54, 1.807) is 49.8 Å². The van der Waals surface area contributed by atoms with Gasteiger partial charge >= 0.3 is 18.2 Å². The molecule has 0 bridgehead atoms. The fourth-order valence-corrected chi connectivity index (χ4v) is 4.98. The Balaban J connectivity index is 1.44. The second-order valence-corrected chi connectivity index (χ2v) is 13.7. The van der Waals surface area contributed by atoms with Gasteiger partial charge in [0.25, 0.3) is 16.8 Å². The zero-order chi connectivity index (χ0) is 36.4. The van der Waals surface area contributed by atoms with E-state index in [9.17, 15) is 36.4 Å². The summed E-state index contributed by atoms with van der Waals surface area (Å²) in [7, 11) is -2.86. The topological polar surface area (TPSA) is 167 Å². The number of hydrogen-bond acceptors (Lipinski definition) is 10. The maximum Gasteiger partial charge on any atom is 0.435 e. The monoisotopic (exact) mass is 712 g/mol. The minimum Gasteiger partial charge on any atom is -0.569 e. The van der Waals surface area contributed by atoms with Crippen LogP contribution >= 0.6 is 0 Å². The van der Waals surface area contributed by atoms with Crippen molar-refractivity contribution >= 4 is 22.1 Å². The SMILES string of the molecule is Cc1ccc(-c2cc(C(F)(F)F)nn2-c2ccc(S(=O)(=O)NC(=O)OCCCCCCN(C)/[N+]([O-])=N/OCOC(=O)C(C)(C)C)cc2)cc1. The number of halogens is 3. The minimum atomic E-state index is -4.70. The lowest BCUT2D eigenvalue weighted by Crippen LogP contribution is -2.31. The third-order valence-electron chi connectivity index (χ3n) is 6.84. The van der Waals surface area contributed by atoms with Gasteiger partial charge in [0.2, 0.25) is 5.28 Å². The predicted octanol–water partition coefficient (Wildman–Crippen LogP) is 6.13. The Kier molecular flexibility index (Phi) is 13.0. The zero-order valence-corrected chi connectivity index (χ0v) is 28.5. The molecule has 0 aliphatic carbocycles. The van der Waals surface area contributed by atoms with E-state index in [1.807, 2.05) is 6.92 Å². The van der Waals surface area contributed by atoms with E-state index in [-0.39, 0.29) is 27.9 Å². The number of benzene rings is 2. The third-order valence-corrected chi connectivity index (χ3v) is 8.17. The number of hydrogen-bond donors (Lipinski definition) is 1. The molecule has 0 aliphatic heterocycles. The van der Waals surface area contributed by atoms with Crippen LogP contribution in [0.25, 0.3) is 16.9 Å². The summed E-state index contributed by atoms with van der Waals surface area (Å²) in [6, 6.07) is 12.6. The molecule has 49 heavy (non-hydrogen) atoms. The molecule has 0 saturated carbocycles. The van der Waals surface area contributed by atoms with E-state index >= 15 is 0 Å². The highest BCUT2D eigenvalue weighted by Crippen LogP contribution is 2.33. The standard InChI is InChI=1S/C31H39F3N6O8S/c1-22-10-12-23(13-11-22)26-20-27(31(32,33)34)35-39(26)24-14-16-25(17-15-24)49(44,45)36-29(42)46-19-9-7-6-8-18-38(5)40(43)37-48-21-47-28(41)30(2,3)4/h10-17,20H,6-9,18-19,21H2,1-5H3,(H,36,42)/b40-37-. The second kappa shape index (κ2) is 16.5. The first-order chi connectivity index (χ1) is 22.9. The summed E-state index contributed by atoms with van der Waals surface area (Å²) in [4.78, 5) is 28.4. The molecule has 0 spiro atoms. The van der Waals surface area contributed by atoms with Crippen molar-refractivity contribution in [3.05, 3.63) is 71.1 Å². The zero-order valence-electron chi connectivity index (χ0n) is 27.7. The number of rotatable bonds is 15. The third kappa shape index (κ3) is 11.7. The molecule has 1 N–H and O–H groups in total. The van der Waals surface area contributed by atoms with Crippen LogP contribution in [0.4, 0.5) is 18.0 Å². The van der Waals surface area contributed by atoms with Gasteiger partial charge < -0.3 is 19.5 Å². The first-order valence-corrected chi connectivity index (χ1v) is 16.6. The van der Waals surface area contributed by atoms with Crippen LogP contribution < -0.4 is 4.72 Å². The summed E-state index contributed by atoms with van der Waals surface area (Å²) in [6.45, 7) is 6.62. The Labute approximate surface area is 282 Å². The number of carbonyl (C=O) groups is 2.